The summed E-state index contributed by atoms with van der Waals surface area (Å²) in [6.45, 7) is 1.53. The van der Waals surface area contributed by atoms with Gasteiger partial charge >= 0.3 is 6.03 Å². The van der Waals surface area contributed by atoms with E-state index in [9.17, 15) is 4.79 Å². The van der Waals surface area contributed by atoms with Crippen molar-refractivity contribution in [2.45, 2.75) is 69.7 Å². The molecule has 1 aromatic heterocycles. The molecule has 1 N–H and O–H groups in total. The van der Waals surface area contributed by atoms with Crippen molar-refractivity contribution in [2.24, 2.45) is 0 Å². The number of carbonyl (C=O) groups excluding carboxylic acids is 1. The van der Waals surface area contributed by atoms with Gasteiger partial charge in [-0.1, -0.05) is 44.2 Å². The van der Waals surface area contributed by atoms with Gasteiger partial charge in [0.2, 0.25) is 0 Å². The Morgan fingerprint density at radius 3 is 2.62 bits per heavy atom. The molecule has 4 rings (SSSR count). The lowest BCUT2D eigenvalue weighted by Crippen LogP contribution is -2.48. The van der Waals surface area contributed by atoms with Crippen LogP contribution in [0.3, 0.4) is 0 Å². The number of nitrogens with zero attached hydrogens (tertiary/aromatic N) is 2. The third-order valence-electron chi connectivity index (χ3n) is 5.80. The molecule has 0 spiro atoms. The number of nitrogens with one attached hydrogen (secondary N) is 1. The molecule has 1 atom stereocenters. The zero-order valence-electron chi connectivity index (χ0n) is 15.5. The van der Waals surface area contributed by atoms with E-state index in [4.69, 9.17) is 4.42 Å². The van der Waals surface area contributed by atoms with Crippen LogP contribution >= 0.6 is 0 Å². The van der Waals surface area contributed by atoms with Gasteiger partial charge in [-0.25, -0.2) is 9.78 Å². The summed E-state index contributed by atoms with van der Waals surface area (Å²) < 4.78 is 5.95. The van der Waals surface area contributed by atoms with E-state index in [1.807, 2.05) is 29.2 Å². The second-order valence-corrected chi connectivity index (χ2v) is 7.80. The maximum atomic E-state index is 12.8. The second-order valence-electron chi connectivity index (χ2n) is 7.80. The van der Waals surface area contributed by atoms with Crippen LogP contribution in [0.15, 0.2) is 28.7 Å². The number of piperidine rings is 1. The predicted molar refractivity (Wildman–Crippen MR) is 102 cm³/mol. The van der Waals surface area contributed by atoms with Crippen molar-refractivity contribution in [3.63, 3.8) is 0 Å². The molecule has 1 aliphatic heterocycles. The van der Waals surface area contributed by atoms with Crippen LogP contribution in [-0.4, -0.2) is 35.0 Å². The monoisotopic (exact) mass is 355 g/mol. The molecule has 1 aromatic carbocycles. The molecule has 26 heavy (non-hydrogen) atoms. The highest BCUT2D eigenvalue weighted by atomic mass is 16.3. The molecule has 2 fully saturated rings. The van der Waals surface area contributed by atoms with E-state index < -0.39 is 0 Å². The first-order valence-corrected chi connectivity index (χ1v) is 10.2. The average molecular weight is 355 g/mol. The van der Waals surface area contributed by atoms with Gasteiger partial charge in [0.05, 0.1) is 5.92 Å². The first-order valence-electron chi connectivity index (χ1n) is 10.2. The quantitative estimate of drug-likeness (QED) is 0.839. The fourth-order valence-electron chi connectivity index (χ4n) is 4.29. The highest BCUT2D eigenvalue weighted by Crippen LogP contribution is 2.29. The molecule has 2 aromatic rings. The molecular weight excluding hydrogens is 326 g/mol. The van der Waals surface area contributed by atoms with Crippen molar-refractivity contribution in [3.05, 3.63) is 30.2 Å². The number of hydrogen-bond acceptors (Lipinski definition) is 3. The lowest BCUT2D eigenvalue weighted by Gasteiger charge is -2.33. The van der Waals surface area contributed by atoms with E-state index in [1.165, 1.54) is 32.1 Å². The van der Waals surface area contributed by atoms with Crippen molar-refractivity contribution in [1.29, 1.82) is 0 Å². The van der Waals surface area contributed by atoms with Gasteiger partial charge in [-0.05, 0) is 37.8 Å². The number of para-hydroxylation sites is 2. The fourth-order valence-corrected chi connectivity index (χ4v) is 4.29. The van der Waals surface area contributed by atoms with Gasteiger partial charge in [0.1, 0.15) is 5.52 Å². The molecule has 2 heterocycles. The van der Waals surface area contributed by atoms with Crippen molar-refractivity contribution in [3.8, 4) is 0 Å². The van der Waals surface area contributed by atoms with E-state index in [0.29, 0.717) is 12.6 Å². The molecule has 0 bridgehead atoms. The van der Waals surface area contributed by atoms with Gasteiger partial charge in [-0.3, -0.25) is 0 Å². The Kier molecular flexibility index (Phi) is 5.42. The minimum atomic E-state index is 0.0939. The topological polar surface area (TPSA) is 58.4 Å². The zero-order chi connectivity index (χ0) is 17.8. The number of likely N-dealkylation sites (tertiary alicyclic amines) is 1. The highest BCUT2D eigenvalue weighted by molar-refractivity contribution is 5.75. The third-order valence-corrected chi connectivity index (χ3v) is 5.80. The number of fused-ring (bicyclic) bond motifs is 1. The normalized spacial score (nSPS) is 22.8. The van der Waals surface area contributed by atoms with Crippen LogP contribution in [-0.2, 0) is 0 Å². The summed E-state index contributed by atoms with van der Waals surface area (Å²) in [5.41, 5.74) is 1.73. The van der Waals surface area contributed by atoms with Crippen molar-refractivity contribution in [2.75, 3.05) is 13.1 Å². The van der Waals surface area contributed by atoms with Crippen LogP contribution in [0.2, 0.25) is 0 Å². The first kappa shape index (κ1) is 17.4. The number of hydrogen-bond donors (Lipinski definition) is 1. The van der Waals surface area contributed by atoms with Crippen LogP contribution in [0.5, 0.6) is 0 Å². The number of urea groups is 1. The van der Waals surface area contributed by atoms with E-state index in [-0.39, 0.29) is 11.9 Å². The Morgan fingerprint density at radius 1 is 1.04 bits per heavy atom. The molecule has 140 valence electrons. The number of amides is 2. The molecule has 1 aliphatic carbocycles. The first-order chi connectivity index (χ1) is 12.8. The Hall–Kier alpha value is -2.04. The molecule has 1 saturated carbocycles. The molecule has 0 radical (unpaired) electrons. The summed E-state index contributed by atoms with van der Waals surface area (Å²) in [5, 5.41) is 3.29. The van der Waals surface area contributed by atoms with Gasteiger partial charge in [0, 0.05) is 19.1 Å². The van der Waals surface area contributed by atoms with E-state index >= 15 is 0 Å². The lowest BCUT2D eigenvalue weighted by molar-refractivity contribution is 0.169. The molecular formula is C21H29N3O2. The van der Waals surface area contributed by atoms with Gasteiger partial charge < -0.3 is 14.6 Å². The number of rotatable bonds is 2. The Morgan fingerprint density at radius 2 is 1.81 bits per heavy atom. The summed E-state index contributed by atoms with van der Waals surface area (Å²) in [6, 6.07) is 8.30. The Balaban J connectivity index is 1.38. The number of oxazole rings is 1. The lowest BCUT2D eigenvalue weighted by atomic mass is 9.96. The summed E-state index contributed by atoms with van der Waals surface area (Å²) in [7, 11) is 0. The fraction of sp³-hybridized carbons (Fsp3) is 0.619. The average Bonchev–Trinajstić information content (AvgIpc) is 3.08. The van der Waals surface area contributed by atoms with Crippen LogP contribution in [0, 0.1) is 0 Å². The summed E-state index contributed by atoms with van der Waals surface area (Å²) >= 11 is 0. The van der Waals surface area contributed by atoms with Crippen LogP contribution in [0.25, 0.3) is 11.1 Å². The van der Waals surface area contributed by atoms with Gasteiger partial charge in [-0.2, -0.15) is 0 Å². The SMILES string of the molecule is O=C(NC1CCCCCCC1)N1CCCC(c2nc3ccccc3o2)C1. The minimum absolute atomic E-state index is 0.0939. The molecule has 1 unspecified atom stereocenters. The van der Waals surface area contributed by atoms with E-state index in [0.717, 1.165) is 49.2 Å². The molecule has 2 aliphatic rings. The smallest absolute Gasteiger partial charge is 0.317 e. The van der Waals surface area contributed by atoms with Gasteiger partial charge in [0.15, 0.2) is 11.5 Å². The van der Waals surface area contributed by atoms with E-state index in [2.05, 4.69) is 10.3 Å². The number of carbonyl (C=O) groups is 1. The van der Waals surface area contributed by atoms with Crippen molar-refractivity contribution in [1.82, 2.24) is 15.2 Å². The zero-order valence-corrected chi connectivity index (χ0v) is 15.5. The second kappa shape index (κ2) is 8.11. The molecule has 5 heteroatoms. The van der Waals surface area contributed by atoms with Gasteiger partial charge in [0.25, 0.3) is 0 Å². The molecule has 2 amide bonds. The molecule has 1 saturated heterocycles. The predicted octanol–water partition coefficient (Wildman–Crippen LogP) is 4.83. The standard InChI is InChI=1S/C21H29N3O2/c25-21(22-17-10-4-2-1-3-5-11-17)24-14-8-9-16(15-24)20-23-18-12-6-7-13-19(18)26-20/h6-7,12-13,16-17H,1-5,8-11,14-15H2,(H,22,25). The number of aromatic nitrogens is 1. The summed E-state index contributed by atoms with van der Waals surface area (Å²) in [4.78, 5) is 19.4. The Labute approximate surface area is 155 Å². The number of benzene rings is 1. The summed E-state index contributed by atoms with van der Waals surface area (Å²) in [6.07, 6.45) is 10.7. The Bertz CT molecular complexity index is 701. The third kappa shape index (κ3) is 4.02. The van der Waals surface area contributed by atoms with Crippen LogP contribution in [0.4, 0.5) is 4.79 Å². The maximum absolute atomic E-state index is 12.8. The highest BCUT2D eigenvalue weighted by Gasteiger charge is 2.29. The molecule has 5 nitrogen and oxygen atoms in total. The van der Waals surface area contributed by atoms with Crippen molar-refractivity contribution >= 4 is 17.1 Å². The van der Waals surface area contributed by atoms with E-state index in [1.54, 1.807) is 0 Å². The van der Waals surface area contributed by atoms with Crippen molar-refractivity contribution < 1.29 is 9.21 Å². The van der Waals surface area contributed by atoms with Gasteiger partial charge in [-0.15, -0.1) is 0 Å². The maximum Gasteiger partial charge on any atom is 0.317 e. The van der Waals surface area contributed by atoms with Crippen LogP contribution in [0.1, 0.15) is 69.6 Å². The largest absolute Gasteiger partial charge is 0.440 e. The summed E-state index contributed by atoms with van der Waals surface area (Å²) in [5.74, 6) is 0.967. The van der Waals surface area contributed by atoms with Crippen LogP contribution < -0.4 is 5.32 Å². The minimum Gasteiger partial charge on any atom is -0.440 e.